The molecule has 0 aliphatic heterocycles. The van der Waals surface area contributed by atoms with Gasteiger partial charge in [0.05, 0.1) is 17.4 Å². The summed E-state index contributed by atoms with van der Waals surface area (Å²) in [4.78, 5) is 4.13. The Morgan fingerprint density at radius 2 is 1.90 bits per heavy atom. The molecule has 0 unspecified atom stereocenters. The summed E-state index contributed by atoms with van der Waals surface area (Å²) in [6, 6.07) is 11.6. The smallest absolute Gasteiger partial charge is 0.263 e. The number of benzene rings is 1. The first kappa shape index (κ1) is 14.7. The van der Waals surface area contributed by atoms with E-state index in [2.05, 4.69) is 32.3 Å². The molecule has 102 valence electrons. The van der Waals surface area contributed by atoms with Crippen LogP contribution in [-0.4, -0.2) is 13.4 Å². The zero-order chi connectivity index (χ0) is 14.6. The molecule has 2 aromatic rings. The Bertz CT molecular complexity index is 735. The van der Waals surface area contributed by atoms with Gasteiger partial charge in [-0.15, -0.1) is 0 Å². The van der Waals surface area contributed by atoms with Crippen molar-refractivity contribution in [2.45, 2.75) is 11.3 Å². The van der Waals surface area contributed by atoms with Crippen molar-refractivity contribution in [3.8, 4) is 6.07 Å². The van der Waals surface area contributed by atoms with Gasteiger partial charge in [-0.1, -0.05) is 12.1 Å². The van der Waals surface area contributed by atoms with Gasteiger partial charge in [0.25, 0.3) is 10.0 Å². The highest BCUT2D eigenvalue weighted by atomic mass is 127. The Labute approximate surface area is 130 Å². The molecule has 0 spiro atoms. The van der Waals surface area contributed by atoms with Crippen LogP contribution in [0.5, 0.6) is 0 Å². The number of anilines is 1. The monoisotopic (exact) mass is 399 g/mol. The van der Waals surface area contributed by atoms with E-state index in [1.165, 1.54) is 12.1 Å². The fourth-order valence-corrected chi connectivity index (χ4v) is 2.84. The number of hydrogen-bond donors (Lipinski definition) is 1. The Kier molecular flexibility index (Phi) is 4.57. The van der Waals surface area contributed by atoms with Gasteiger partial charge in [0.2, 0.25) is 0 Å². The molecule has 0 atom stereocenters. The standard InChI is InChI=1S/C13H10IN3O2S/c14-11-3-6-13(16-9-11)17-20(18,19)12-4-1-10(2-5-12)7-8-15/h1-6,9H,7H2,(H,16,17). The van der Waals surface area contributed by atoms with Gasteiger partial charge < -0.3 is 0 Å². The fourth-order valence-electron chi connectivity index (χ4n) is 1.51. The molecule has 0 amide bonds. The summed E-state index contributed by atoms with van der Waals surface area (Å²) >= 11 is 2.09. The quantitative estimate of drug-likeness (QED) is 0.802. The van der Waals surface area contributed by atoms with E-state index in [0.29, 0.717) is 0 Å². The van der Waals surface area contributed by atoms with Crippen molar-refractivity contribution in [1.29, 1.82) is 5.26 Å². The first-order chi connectivity index (χ1) is 9.51. The predicted molar refractivity (Wildman–Crippen MR) is 83.5 cm³/mol. The number of nitriles is 1. The van der Waals surface area contributed by atoms with E-state index in [-0.39, 0.29) is 17.1 Å². The number of pyridine rings is 1. The highest BCUT2D eigenvalue weighted by Gasteiger charge is 2.14. The second-order valence-electron chi connectivity index (χ2n) is 3.95. The number of nitrogens with zero attached hydrogens (tertiary/aromatic N) is 2. The summed E-state index contributed by atoms with van der Waals surface area (Å²) in [6.45, 7) is 0. The second kappa shape index (κ2) is 6.19. The number of hydrogen-bond acceptors (Lipinski definition) is 4. The molecular weight excluding hydrogens is 389 g/mol. The van der Waals surface area contributed by atoms with Crippen molar-refractivity contribution in [1.82, 2.24) is 4.98 Å². The first-order valence-electron chi connectivity index (χ1n) is 5.61. The van der Waals surface area contributed by atoms with Gasteiger partial charge in [0, 0.05) is 9.77 Å². The number of nitrogens with one attached hydrogen (secondary N) is 1. The van der Waals surface area contributed by atoms with Gasteiger partial charge in [-0.3, -0.25) is 4.72 Å². The van der Waals surface area contributed by atoms with Crippen LogP contribution in [0.15, 0.2) is 47.5 Å². The van der Waals surface area contributed by atoms with Crippen LogP contribution < -0.4 is 4.72 Å². The molecule has 0 radical (unpaired) electrons. The molecule has 1 N–H and O–H groups in total. The Morgan fingerprint density at radius 3 is 2.45 bits per heavy atom. The minimum absolute atomic E-state index is 0.138. The summed E-state index contributed by atoms with van der Waals surface area (Å²) < 4.78 is 27.6. The highest BCUT2D eigenvalue weighted by molar-refractivity contribution is 14.1. The lowest BCUT2D eigenvalue weighted by Gasteiger charge is -2.07. The third kappa shape index (κ3) is 3.68. The molecule has 0 fully saturated rings. The maximum Gasteiger partial charge on any atom is 0.263 e. The molecule has 1 aromatic carbocycles. The van der Waals surface area contributed by atoms with E-state index >= 15 is 0 Å². The van der Waals surface area contributed by atoms with Crippen molar-refractivity contribution < 1.29 is 8.42 Å². The number of rotatable bonds is 4. The summed E-state index contributed by atoms with van der Waals surface area (Å²) in [5.74, 6) is 0.270. The summed E-state index contributed by atoms with van der Waals surface area (Å²) in [5, 5.41) is 8.58. The van der Waals surface area contributed by atoms with Gasteiger partial charge in [-0.25, -0.2) is 13.4 Å². The van der Waals surface area contributed by atoms with E-state index in [9.17, 15) is 8.42 Å². The van der Waals surface area contributed by atoms with Crippen LogP contribution in [0, 0.1) is 14.9 Å². The molecule has 20 heavy (non-hydrogen) atoms. The van der Waals surface area contributed by atoms with Crippen LogP contribution in [0.3, 0.4) is 0 Å². The topological polar surface area (TPSA) is 82.8 Å². The first-order valence-corrected chi connectivity index (χ1v) is 8.18. The van der Waals surface area contributed by atoms with E-state index < -0.39 is 10.0 Å². The maximum absolute atomic E-state index is 12.1. The minimum Gasteiger partial charge on any atom is -0.263 e. The minimum atomic E-state index is -3.66. The van der Waals surface area contributed by atoms with Gasteiger partial charge in [-0.2, -0.15) is 5.26 Å². The fraction of sp³-hybridized carbons (Fsp3) is 0.0769. The molecule has 0 saturated heterocycles. The lowest BCUT2D eigenvalue weighted by atomic mass is 10.2. The summed E-state index contributed by atoms with van der Waals surface area (Å²) in [5.41, 5.74) is 0.777. The molecule has 1 aromatic heterocycles. The molecule has 0 saturated carbocycles. The van der Waals surface area contributed by atoms with Crippen LogP contribution in [0.1, 0.15) is 5.56 Å². The van der Waals surface area contributed by atoms with E-state index in [4.69, 9.17) is 5.26 Å². The van der Waals surface area contributed by atoms with Crippen LogP contribution in [-0.2, 0) is 16.4 Å². The zero-order valence-electron chi connectivity index (χ0n) is 10.2. The Hall–Kier alpha value is -1.66. The van der Waals surface area contributed by atoms with Crippen LogP contribution in [0.4, 0.5) is 5.82 Å². The van der Waals surface area contributed by atoms with Crippen molar-refractivity contribution >= 4 is 38.4 Å². The third-order valence-corrected chi connectivity index (χ3v) is 4.49. The van der Waals surface area contributed by atoms with Gasteiger partial charge in [0.15, 0.2) is 0 Å². The predicted octanol–water partition coefficient (Wildman–Crippen LogP) is 2.55. The van der Waals surface area contributed by atoms with E-state index in [1.807, 2.05) is 6.07 Å². The van der Waals surface area contributed by atoms with Gasteiger partial charge in [-0.05, 0) is 52.4 Å². The normalized spacial score (nSPS) is 10.8. The van der Waals surface area contributed by atoms with Crippen molar-refractivity contribution in [2.75, 3.05) is 4.72 Å². The zero-order valence-corrected chi connectivity index (χ0v) is 13.2. The highest BCUT2D eigenvalue weighted by Crippen LogP contribution is 2.16. The summed E-state index contributed by atoms with van der Waals surface area (Å²) in [6.07, 6.45) is 1.83. The largest absolute Gasteiger partial charge is 0.263 e. The number of aromatic nitrogens is 1. The van der Waals surface area contributed by atoms with Crippen LogP contribution in [0.2, 0.25) is 0 Å². The molecule has 7 heteroatoms. The van der Waals surface area contributed by atoms with Crippen molar-refractivity contribution in [2.24, 2.45) is 0 Å². The van der Waals surface area contributed by atoms with Crippen LogP contribution >= 0.6 is 22.6 Å². The lowest BCUT2D eigenvalue weighted by Crippen LogP contribution is -2.13. The maximum atomic E-state index is 12.1. The number of sulfonamides is 1. The Balaban J connectivity index is 2.22. The summed E-state index contributed by atoms with van der Waals surface area (Å²) in [7, 11) is -3.66. The third-order valence-electron chi connectivity index (χ3n) is 2.48. The van der Waals surface area contributed by atoms with Crippen molar-refractivity contribution in [3.05, 3.63) is 51.7 Å². The Morgan fingerprint density at radius 1 is 1.20 bits per heavy atom. The molecule has 1 heterocycles. The molecule has 5 nitrogen and oxygen atoms in total. The molecule has 2 rings (SSSR count). The molecule has 0 bridgehead atoms. The van der Waals surface area contributed by atoms with Crippen molar-refractivity contribution in [3.63, 3.8) is 0 Å². The van der Waals surface area contributed by atoms with Crippen LogP contribution in [0.25, 0.3) is 0 Å². The second-order valence-corrected chi connectivity index (χ2v) is 6.87. The SMILES string of the molecule is N#CCc1ccc(S(=O)(=O)Nc2ccc(I)cn2)cc1. The average Bonchev–Trinajstić information content (AvgIpc) is 2.42. The van der Waals surface area contributed by atoms with Gasteiger partial charge in [0.1, 0.15) is 5.82 Å². The van der Waals surface area contributed by atoms with E-state index in [0.717, 1.165) is 9.13 Å². The average molecular weight is 399 g/mol. The molecule has 0 aliphatic rings. The number of halogens is 1. The molecule has 0 aliphatic carbocycles. The lowest BCUT2D eigenvalue weighted by molar-refractivity contribution is 0.601. The van der Waals surface area contributed by atoms with E-state index in [1.54, 1.807) is 30.5 Å². The molecular formula is C13H10IN3O2S. The van der Waals surface area contributed by atoms with Gasteiger partial charge >= 0.3 is 0 Å².